The largest absolute Gasteiger partial charge is 0.478 e. The Hall–Kier alpha value is -2.36. The van der Waals surface area contributed by atoms with Crippen LogP contribution in [0.5, 0.6) is 0 Å². The van der Waals surface area contributed by atoms with Gasteiger partial charge in [0.15, 0.2) is 5.43 Å². The molecule has 0 spiro atoms. The lowest BCUT2D eigenvalue weighted by Gasteiger charge is -1.97. The summed E-state index contributed by atoms with van der Waals surface area (Å²) in [6.07, 6.45) is 2.17. The summed E-state index contributed by atoms with van der Waals surface area (Å²) in [5, 5.41) is 8.93. The average Bonchev–Trinajstić information content (AvgIpc) is 2.26. The third kappa shape index (κ3) is 2.00. The summed E-state index contributed by atoms with van der Waals surface area (Å²) in [6, 6.07) is 8.07. The van der Waals surface area contributed by atoms with E-state index in [-0.39, 0.29) is 11.2 Å². The van der Waals surface area contributed by atoms with Crippen molar-refractivity contribution in [3.05, 3.63) is 52.4 Å². The van der Waals surface area contributed by atoms with Gasteiger partial charge in [0.1, 0.15) is 11.3 Å². The molecular weight excluding hydrogens is 208 g/mol. The molecule has 4 nitrogen and oxygen atoms in total. The van der Waals surface area contributed by atoms with Gasteiger partial charge in [-0.1, -0.05) is 12.1 Å². The van der Waals surface area contributed by atoms with E-state index in [1.165, 1.54) is 12.1 Å². The third-order valence-electron chi connectivity index (χ3n) is 2.04. The number of hydrogen-bond donors (Lipinski definition) is 1. The fraction of sp³-hybridized carbons (Fsp3) is 0. The van der Waals surface area contributed by atoms with E-state index in [9.17, 15) is 9.59 Å². The van der Waals surface area contributed by atoms with E-state index in [0.29, 0.717) is 11.0 Å². The fourth-order valence-corrected chi connectivity index (χ4v) is 1.36. The minimum absolute atomic E-state index is 0.188. The van der Waals surface area contributed by atoms with E-state index in [2.05, 4.69) is 0 Å². The van der Waals surface area contributed by atoms with E-state index >= 15 is 0 Å². The molecular formula is C12H8O4. The zero-order chi connectivity index (χ0) is 11.5. The fourth-order valence-electron chi connectivity index (χ4n) is 1.36. The average molecular weight is 216 g/mol. The van der Waals surface area contributed by atoms with Gasteiger partial charge in [-0.15, -0.1) is 0 Å². The Labute approximate surface area is 90.4 Å². The normalized spacial score (nSPS) is 11.0. The SMILES string of the molecule is O=C(O)C=Cc1cc(=O)c2ccccc2o1. The van der Waals surface area contributed by atoms with E-state index in [0.717, 1.165) is 6.08 Å². The summed E-state index contributed by atoms with van der Waals surface area (Å²) in [4.78, 5) is 21.9. The van der Waals surface area contributed by atoms with Crippen LogP contribution in [0.4, 0.5) is 0 Å². The van der Waals surface area contributed by atoms with Crippen molar-refractivity contribution >= 4 is 23.0 Å². The molecule has 0 aliphatic rings. The maximum atomic E-state index is 11.6. The monoisotopic (exact) mass is 216 g/mol. The number of rotatable bonds is 2. The van der Waals surface area contributed by atoms with Gasteiger partial charge in [-0.05, 0) is 18.2 Å². The van der Waals surface area contributed by atoms with Crippen LogP contribution in [0.2, 0.25) is 0 Å². The second-order valence-corrected chi connectivity index (χ2v) is 3.18. The molecule has 0 saturated carbocycles. The zero-order valence-electron chi connectivity index (χ0n) is 8.21. The van der Waals surface area contributed by atoms with E-state index in [1.54, 1.807) is 24.3 Å². The topological polar surface area (TPSA) is 67.5 Å². The van der Waals surface area contributed by atoms with Gasteiger partial charge in [0, 0.05) is 12.1 Å². The van der Waals surface area contributed by atoms with Gasteiger partial charge in [0.05, 0.1) is 5.39 Å². The van der Waals surface area contributed by atoms with Gasteiger partial charge < -0.3 is 9.52 Å². The Morgan fingerprint density at radius 3 is 2.81 bits per heavy atom. The van der Waals surface area contributed by atoms with Crippen LogP contribution < -0.4 is 5.43 Å². The van der Waals surface area contributed by atoms with Crippen LogP contribution in [-0.4, -0.2) is 11.1 Å². The van der Waals surface area contributed by atoms with Crippen molar-refractivity contribution in [1.29, 1.82) is 0 Å². The van der Waals surface area contributed by atoms with Gasteiger partial charge in [-0.3, -0.25) is 4.79 Å². The maximum absolute atomic E-state index is 11.6. The lowest BCUT2D eigenvalue weighted by atomic mass is 10.2. The lowest BCUT2D eigenvalue weighted by Crippen LogP contribution is -1.99. The van der Waals surface area contributed by atoms with Gasteiger partial charge in [0.2, 0.25) is 0 Å². The molecule has 1 aromatic heterocycles. The first-order valence-corrected chi connectivity index (χ1v) is 4.61. The molecule has 0 aliphatic heterocycles. The molecule has 16 heavy (non-hydrogen) atoms. The first-order chi connectivity index (χ1) is 7.66. The molecule has 0 aliphatic carbocycles. The van der Waals surface area contributed by atoms with Gasteiger partial charge in [0.25, 0.3) is 0 Å². The standard InChI is InChI=1S/C12H8O4/c13-10-7-8(5-6-12(14)15)16-11-4-2-1-3-9(10)11/h1-7H,(H,14,15). The van der Waals surface area contributed by atoms with Gasteiger partial charge in [-0.2, -0.15) is 0 Å². The molecule has 1 heterocycles. The predicted octanol–water partition coefficient (Wildman–Crippen LogP) is 1.89. The van der Waals surface area contributed by atoms with Crippen LogP contribution in [0.15, 0.2) is 45.6 Å². The highest BCUT2D eigenvalue weighted by Crippen LogP contribution is 2.12. The molecule has 2 aromatic rings. The van der Waals surface area contributed by atoms with Crippen molar-refractivity contribution in [2.45, 2.75) is 0 Å². The van der Waals surface area contributed by atoms with E-state index in [1.807, 2.05) is 0 Å². The number of benzene rings is 1. The molecule has 4 heteroatoms. The minimum Gasteiger partial charge on any atom is -0.478 e. The Kier molecular flexibility index (Phi) is 2.55. The van der Waals surface area contributed by atoms with Crippen LogP contribution in [0, 0.1) is 0 Å². The molecule has 0 atom stereocenters. The van der Waals surface area contributed by atoms with E-state index < -0.39 is 5.97 Å². The van der Waals surface area contributed by atoms with Crippen LogP contribution in [0.1, 0.15) is 5.76 Å². The van der Waals surface area contributed by atoms with Crippen molar-refractivity contribution in [2.24, 2.45) is 0 Å². The van der Waals surface area contributed by atoms with Crippen LogP contribution >= 0.6 is 0 Å². The molecule has 80 valence electrons. The molecule has 0 fully saturated rings. The quantitative estimate of drug-likeness (QED) is 0.778. The predicted molar refractivity (Wildman–Crippen MR) is 59.2 cm³/mol. The highest BCUT2D eigenvalue weighted by molar-refractivity contribution is 5.85. The summed E-state index contributed by atoms with van der Waals surface area (Å²) in [6.45, 7) is 0. The zero-order valence-corrected chi connectivity index (χ0v) is 8.21. The Morgan fingerprint density at radius 1 is 1.31 bits per heavy atom. The highest BCUT2D eigenvalue weighted by Gasteiger charge is 2.01. The number of carbonyl (C=O) groups is 1. The smallest absolute Gasteiger partial charge is 0.328 e. The number of para-hydroxylation sites is 1. The first kappa shape index (κ1) is 10.2. The second-order valence-electron chi connectivity index (χ2n) is 3.18. The molecule has 1 N–H and O–H groups in total. The summed E-state index contributed by atoms with van der Waals surface area (Å²) in [5.74, 6) is -0.859. The Morgan fingerprint density at radius 2 is 2.06 bits per heavy atom. The van der Waals surface area contributed by atoms with Crippen LogP contribution in [-0.2, 0) is 4.79 Å². The highest BCUT2D eigenvalue weighted by atomic mass is 16.4. The summed E-state index contributed by atoms with van der Waals surface area (Å²) in [5.41, 5.74) is 0.256. The molecule has 0 saturated heterocycles. The first-order valence-electron chi connectivity index (χ1n) is 4.61. The maximum Gasteiger partial charge on any atom is 0.328 e. The number of fused-ring (bicyclic) bond motifs is 1. The van der Waals surface area contributed by atoms with Crippen LogP contribution in [0.3, 0.4) is 0 Å². The van der Waals surface area contributed by atoms with Crippen molar-refractivity contribution in [3.63, 3.8) is 0 Å². The number of carboxylic acid groups (broad SMARTS) is 1. The molecule has 0 bridgehead atoms. The molecule has 0 radical (unpaired) electrons. The Bertz CT molecular complexity index is 622. The van der Waals surface area contributed by atoms with E-state index in [4.69, 9.17) is 9.52 Å². The van der Waals surface area contributed by atoms with Crippen LogP contribution in [0.25, 0.3) is 17.0 Å². The number of aliphatic carboxylic acids is 1. The van der Waals surface area contributed by atoms with Crippen molar-refractivity contribution in [3.8, 4) is 0 Å². The van der Waals surface area contributed by atoms with Gasteiger partial charge in [-0.25, -0.2) is 4.79 Å². The summed E-state index contributed by atoms with van der Waals surface area (Å²) >= 11 is 0. The lowest BCUT2D eigenvalue weighted by molar-refractivity contribution is -0.131. The Balaban J connectivity index is 2.58. The summed E-state index contributed by atoms with van der Waals surface area (Å²) in [7, 11) is 0. The van der Waals surface area contributed by atoms with Crippen molar-refractivity contribution < 1.29 is 14.3 Å². The third-order valence-corrected chi connectivity index (χ3v) is 2.04. The summed E-state index contributed by atoms with van der Waals surface area (Å²) < 4.78 is 5.34. The minimum atomic E-state index is -1.09. The second kappa shape index (κ2) is 4.02. The van der Waals surface area contributed by atoms with Crippen molar-refractivity contribution in [1.82, 2.24) is 0 Å². The van der Waals surface area contributed by atoms with Crippen molar-refractivity contribution in [2.75, 3.05) is 0 Å². The molecule has 1 aromatic carbocycles. The van der Waals surface area contributed by atoms with Gasteiger partial charge >= 0.3 is 5.97 Å². The number of carboxylic acids is 1. The molecule has 2 rings (SSSR count). The molecule has 0 amide bonds. The number of hydrogen-bond acceptors (Lipinski definition) is 3. The molecule has 0 unspecified atom stereocenters.